The van der Waals surface area contributed by atoms with Gasteiger partial charge < -0.3 is 5.32 Å². The molecule has 1 heterocycles. The largest absolute Gasteiger partial charge is 0.352 e. The number of rotatable bonds is 1. The molecule has 0 aromatic heterocycles. The van der Waals surface area contributed by atoms with Gasteiger partial charge in [-0.2, -0.15) is 12.6 Å². The van der Waals surface area contributed by atoms with E-state index in [9.17, 15) is 0 Å². The third-order valence-corrected chi connectivity index (χ3v) is 3.22. The van der Waals surface area contributed by atoms with Gasteiger partial charge in [-0.3, -0.25) is 11.1 Å². The highest BCUT2D eigenvalue weighted by atomic mass is 32.1. The van der Waals surface area contributed by atoms with Crippen molar-refractivity contribution in [1.29, 1.82) is 0 Å². The van der Waals surface area contributed by atoms with Crippen LogP contribution in [0.5, 0.6) is 0 Å². The molecule has 1 fully saturated rings. The van der Waals surface area contributed by atoms with Gasteiger partial charge in [0, 0.05) is 0 Å². The minimum atomic E-state index is -0.306. The molecule has 1 aromatic rings. The summed E-state index contributed by atoms with van der Waals surface area (Å²) < 4.78 is 0. The van der Waals surface area contributed by atoms with Crippen LogP contribution in [0.25, 0.3) is 0 Å². The van der Waals surface area contributed by atoms with Crippen LogP contribution in [0.1, 0.15) is 11.5 Å². The molecule has 1 saturated heterocycles. The van der Waals surface area contributed by atoms with Gasteiger partial charge in [0.1, 0.15) is 6.29 Å². The van der Waals surface area contributed by atoms with Gasteiger partial charge >= 0.3 is 0 Å². The highest BCUT2D eigenvalue weighted by Crippen LogP contribution is 2.25. The van der Waals surface area contributed by atoms with Crippen LogP contribution in [0.3, 0.4) is 0 Å². The minimum Gasteiger partial charge on any atom is -0.352 e. The number of nitrogens with two attached hydrogens (primary N) is 1. The Labute approximate surface area is 99.8 Å². The molecule has 3 nitrogen and oxygen atoms in total. The molecule has 3 unspecified atom stereocenters. The fourth-order valence-corrected chi connectivity index (χ4v) is 2.68. The van der Waals surface area contributed by atoms with Crippen LogP contribution in [-0.2, 0) is 0 Å². The Bertz CT molecular complexity index is 355. The lowest BCUT2D eigenvalue weighted by atomic mass is 9.97. The Morgan fingerprint density at radius 3 is 2.53 bits per heavy atom. The summed E-state index contributed by atoms with van der Waals surface area (Å²) >= 11 is 9.75. The summed E-state index contributed by atoms with van der Waals surface area (Å²) in [6.45, 7) is 0. The normalized spacial score (nSPS) is 31.1. The summed E-state index contributed by atoms with van der Waals surface area (Å²) in [7, 11) is 0. The van der Waals surface area contributed by atoms with Crippen molar-refractivity contribution >= 4 is 29.8 Å². The van der Waals surface area contributed by atoms with Crippen LogP contribution in [0, 0.1) is 0 Å². The van der Waals surface area contributed by atoms with Crippen molar-refractivity contribution in [3.63, 3.8) is 0 Å². The molecule has 4 N–H and O–H groups in total. The fourth-order valence-electron chi connectivity index (χ4n) is 1.70. The molecule has 80 valence electrons. The van der Waals surface area contributed by atoms with Crippen LogP contribution in [-0.4, -0.2) is 16.7 Å². The van der Waals surface area contributed by atoms with E-state index in [1.165, 1.54) is 0 Å². The molecule has 2 rings (SSSR count). The molecule has 1 aliphatic heterocycles. The minimum absolute atomic E-state index is 0.0452. The Morgan fingerprint density at radius 1 is 1.27 bits per heavy atom. The SMILES string of the molecule is NC1NC(=S)C(c2ccccc2)C(S)N1. The fraction of sp³-hybridized carbons (Fsp3) is 0.300. The van der Waals surface area contributed by atoms with Gasteiger partial charge in [0.15, 0.2) is 0 Å². The maximum absolute atomic E-state index is 5.70. The standard InChI is InChI=1S/C10H13N3S2/c11-10-12-8(14)7(9(15)13-10)6-4-2-1-3-5-6/h1-5,7-8,10,12,14H,11H2,(H,13,15). The summed E-state index contributed by atoms with van der Waals surface area (Å²) in [5.41, 5.74) is 6.84. The molecule has 1 aromatic carbocycles. The van der Waals surface area contributed by atoms with E-state index in [4.69, 9.17) is 18.0 Å². The Morgan fingerprint density at radius 2 is 1.93 bits per heavy atom. The first-order valence-corrected chi connectivity index (χ1v) is 5.66. The van der Waals surface area contributed by atoms with Crippen molar-refractivity contribution in [2.45, 2.75) is 17.6 Å². The molecule has 0 spiro atoms. The maximum atomic E-state index is 5.70. The molecule has 3 atom stereocenters. The summed E-state index contributed by atoms with van der Waals surface area (Å²) in [5.74, 6) is 0.0735. The quantitative estimate of drug-likeness (QED) is 0.432. The molecule has 5 heteroatoms. The average Bonchev–Trinajstić information content (AvgIpc) is 2.17. The van der Waals surface area contributed by atoms with Gasteiger partial charge in [-0.15, -0.1) is 0 Å². The molecular formula is C10H13N3S2. The first kappa shape index (κ1) is 10.9. The zero-order chi connectivity index (χ0) is 10.8. The third-order valence-electron chi connectivity index (χ3n) is 2.40. The van der Waals surface area contributed by atoms with Gasteiger partial charge in [0.25, 0.3) is 0 Å². The zero-order valence-corrected chi connectivity index (χ0v) is 9.76. The molecular weight excluding hydrogens is 226 g/mol. The predicted octanol–water partition coefficient (Wildman–Crippen LogP) is 0.789. The lowest BCUT2D eigenvalue weighted by Gasteiger charge is -2.35. The van der Waals surface area contributed by atoms with Crippen LogP contribution < -0.4 is 16.4 Å². The van der Waals surface area contributed by atoms with Crippen molar-refractivity contribution in [2.24, 2.45) is 5.73 Å². The van der Waals surface area contributed by atoms with E-state index in [1.807, 2.05) is 30.3 Å². The molecule has 1 aliphatic rings. The smallest absolute Gasteiger partial charge is 0.131 e. The summed E-state index contributed by atoms with van der Waals surface area (Å²) in [4.78, 5) is 0.743. The Kier molecular flexibility index (Phi) is 3.25. The number of benzene rings is 1. The maximum Gasteiger partial charge on any atom is 0.131 e. The summed E-state index contributed by atoms with van der Waals surface area (Å²) in [5, 5.41) is 6.06. The van der Waals surface area contributed by atoms with E-state index in [0.29, 0.717) is 0 Å². The Balaban J connectivity index is 2.25. The summed E-state index contributed by atoms with van der Waals surface area (Å²) in [6, 6.07) is 10.1. The molecule has 0 radical (unpaired) electrons. The first-order chi connectivity index (χ1) is 7.18. The van der Waals surface area contributed by atoms with Crippen molar-refractivity contribution in [3.8, 4) is 0 Å². The predicted molar refractivity (Wildman–Crippen MR) is 68.8 cm³/mol. The number of nitrogens with one attached hydrogen (secondary N) is 2. The van der Waals surface area contributed by atoms with E-state index in [2.05, 4.69) is 23.3 Å². The monoisotopic (exact) mass is 239 g/mol. The van der Waals surface area contributed by atoms with Crippen molar-refractivity contribution < 1.29 is 0 Å². The molecule has 15 heavy (non-hydrogen) atoms. The third kappa shape index (κ3) is 2.31. The van der Waals surface area contributed by atoms with Gasteiger partial charge in [0.05, 0.1) is 16.3 Å². The number of hydrogen-bond donors (Lipinski definition) is 4. The number of thiol groups is 1. The average molecular weight is 239 g/mol. The lowest BCUT2D eigenvalue weighted by Crippen LogP contribution is -2.62. The van der Waals surface area contributed by atoms with Crippen molar-refractivity contribution in [3.05, 3.63) is 35.9 Å². The van der Waals surface area contributed by atoms with Crippen LogP contribution >= 0.6 is 24.8 Å². The number of hydrogen-bond acceptors (Lipinski definition) is 4. The second-order valence-corrected chi connectivity index (χ2v) is 4.48. The topological polar surface area (TPSA) is 50.1 Å². The number of thiocarbonyl (C=S) groups is 1. The molecule has 0 saturated carbocycles. The lowest BCUT2D eigenvalue weighted by molar-refractivity contribution is 0.438. The van der Waals surface area contributed by atoms with E-state index in [0.717, 1.165) is 10.6 Å². The van der Waals surface area contributed by atoms with Crippen LogP contribution in [0.15, 0.2) is 30.3 Å². The second kappa shape index (κ2) is 4.49. The van der Waals surface area contributed by atoms with E-state index in [1.54, 1.807) is 0 Å². The second-order valence-electron chi connectivity index (χ2n) is 3.49. The van der Waals surface area contributed by atoms with Crippen molar-refractivity contribution in [2.75, 3.05) is 0 Å². The summed E-state index contributed by atoms with van der Waals surface area (Å²) in [6.07, 6.45) is -0.306. The van der Waals surface area contributed by atoms with Crippen LogP contribution in [0.2, 0.25) is 0 Å². The van der Waals surface area contributed by atoms with E-state index >= 15 is 0 Å². The van der Waals surface area contributed by atoms with E-state index in [-0.39, 0.29) is 17.6 Å². The van der Waals surface area contributed by atoms with Crippen molar-refractivity contribution in [1.82, 2.24) is 10.6 Å². The molecule has 0 bridgehead atoms. The highest BCUT2D eigenvalue weighted by molar-refractivity contribution is 7.82. The van der Waals surface area contributed by atoms with Crippen LogP contribution in [0.4, 0.5) is 0 Å². The van der Waals surface area contributed by atoms with E-state index < -0.39 is 0 Å². The molecule has 0 aliphatic carbocycles. The first-order valence-electron chi connectivity index (χ1n) is 4.73. The van der Waals surface area contributed by atoms with Gasteiger partial charge in [-0.25, -0.2) is 0 Å². The van der Waals surface area contributed by atoms with Gasteiger partial charge in [0.2, 0.25) is 0 Å². The molecule has 0 amide bonds. The zero-order valence-electron chi connectivity index (χ0n) is 8.05. The van der Waals surface area contributed by atoms with Gasteiger partial charge in [-0.1, -0.05) is 42.5 Å². The highest BCUT2D eigenvalue weighted by Gasteiger charge is 2.30. The Hall–Kier alpha value is -0.620. The van der Waals surface area contributed by atoms with Gasteiger partial charge in [-0.05, 0) is 5.56 Å².